The second-order valence-electron chi connectivity index (χ2n) is 2.15. The first-order valence-electron chi connectivity index (χ1n) is 3.21. The van der Waals surface area contributed by atoms with Gasteiger partial charge in [0.1, 0.15) is 4.90 Å². The largest absolute Gasteiger partial charge is 0.387 e. The summed E-state index contributed by atoms with van der Waals surface area (Å²) in [5, 5.41) is 2.64. The number of hydrogen-bond donors (Lipinski definition) is 2. The number of rotatable bonds is 2. The van der Waals surface area contributed by atoms with Gasteiger partial charge in [0.25, 0.3) is 10.1 Å². The van der Waals surface area contributed by atoms with Gasteiger partial charge in [-0.25, -0.2) is 0 Å². The first-order chi connectivity index (χ1) is 5.55. The minimum atomic E-state index is -4.14. The van der Waals surface area contributed by atoms with Crippen LogP contribution in [0.1, 0.15) is 0 Å². The summed E-state index contributed by atoms with van der Waals surface area (Å²) in [7, 11) is -2.57. The van der Waals surface area contributed by atoms with Crippen LogP contribution >= 0.6 is 0 Å². The smallest absolute Gasteiger partial charge is 0.296 e. The van der Waals surface area contributed by atoms with Crippen LogP contribution in [0.15, 0.2) is 23.1 Å². The van der Waals surface area contributed by atoms with Gasteiger partial charge in [-0.1, -0.05) is 6.07 Å². The number of hydrogen-bond acceptors (Lipinski definition) is 3. The Balaban J connectivity index is 3.33. The molecule has 0 amide bonds. The molecule has 0 unspecified atom stereocenters. The molecule has 65 valence electrons. The van der Waals surface area contributed by atoms with Gasteiger partial charge < -0.3 is 5.32 Å². The molecular formula is C7H8NO3S. The van der Waals surface area contributed by atoms with E-state index < -0.39 is 10.1 Å². The fourth-order valence-corrected chi connectivity index (χ4v) is 1.50. The molecule has 5 heteroatoms. The van der Waals surface area contributed by atoms with E-state index in [2.05, 4.69) is 11.4 Å². The van der Waals surface area contributed by atoms with E-state index in [9.17, 15) is 8.42 Å². The van der Waals surface area contributed by atoms with Gasteiger partial charge in [0.2, 0.25) is 0 Å². The molecule has 0 fully saturated rings. The lowest BCUT2D eigenvalue weighted by molar-refractivity contribution is 0.483. The maximum absolute atomic E-state index is 10.7. The Morgan fingerprint density at radius 3 is 2.67 bits per heavy atom. The fourth-order valence-electron chi connectivity index (χ4n) is 0.835. The highest BCUT2D eigenvalue weighted by molar-refractivity contribution is 7.86. The summed E-state index contributed by atoms with van der Waals surface area (Å²) in [5.74, 6) is 0. The molecule has 0 atom stereocenters. The molecule has 12 heavy (non-hydrogen) atoms. The summed E-state index contributed by atoms with van der Waals surface area (Å²) < 4.78 is 30.1. The zero-order valence-electron chi connectivity index (χ0n) is 6.40. The molecule has 1 aromatic rings. The first-order valence-corrected chi connectivity index (χ1v) is 4.65. The third-order valence-electron chi connectivity index (χ3n) is 1.37. The molecule has 1 radical (unpaired) electrons. The molecule has 0 heterocycles. The Bertz CT molecular complexity index is 372. The van der Waals surface area contributed by atoms with Crippen molar-refractivity contribution in [2.75, 3.05) is 12.4 Å². The summed E-state index contributed by atoms with van der Waals surface area (Å²) >= 11 is 0. The van der Waals surface area contributed by atoms with Gasteiger partial charge in [0, 0.05) is 7.05 Å². The van der Waals surface area contributed by atoms with E-state index in [4.69, 9.17) is 4.55 Å². The Labute approximate surface area is 71.0 Å². The summed E-state index contributed by atoms with van der Waals surface area (Å²) in [6, 6.07) is 6.85. The highest BCUT2D eigenvalue weighted by Gasteiger charge is 2.12. The zero-order valence-corrected chi connectivity index (χ0v) is 7.22. The lowest BCUT2D eigenvalue weighted by Gasteiger charge is -2.03. The van der Waals surface area contributed by atoms with Crippen molar-refractivity contribution in [3.05, 3.63) is 24.3 Å². The van der Waals surface area contributed by atoms with Gasteiger partial charge in [0.05, 0.1) is 5.69 Å². The van der Waals surface area contributed by atoms with Gasteiger partial charge in [-0.2, -0.15) is 8.42 Å². The molecule has 1 rings (SSSR count). The quantitative estimate of drug-likeness (QED) is 0.670. The summed E-state index contributed by atoms with van der Waals surface area (Å²) in [5.41, 5.74) is 0.358. The second kappa shape index (κ2) is 3.12. The van der Waals surface area contributed by atoms with E-state index in [1.807, 2.05) is 0 Å². The molecular weight excluding hydrogens is 178 g/mol. The predicted molar refractivity (Wildman–Crippen MR) is 44.6 cm³/mol. The molecule has 0 aliphatic carbocycles. The van der Waals surface area contributed by atoms with Crippen molar-refractivity contribution >= 4 is 15.8 Å². The second-order valence-corrected chi connectivity index (χ2v) is 3.54. The van der Waals surface area contributed by atoms with Crippen molar-refractivity contribution in [3.63, 3.8) is 0 Å². The Hall–Kier alpha value is -1.07. The predicted octanol–water partition coefficient (Wildman–Crippen LogP) is 0.775. The monoisotopic (exact) mass is 186 g/mol. The molecule has 0 aliphatic rings. The van der Waals surface area contributed by atoms with Crippen LogP contribution in [0.5, 0.6) is 0 Å². The first kappa shape index (κ1) is 9.02. The Morgan fingerprint density at radius 1 is 1.58 bits per heavy atom. The number of nitrogens with one attached hydrogen (secondary N) is 1. The van der Waals surface area contributed by atoms with Gasteiger partial charge >= 0.3 is 0 Å². The van der Waals surface area contributed by atoms with Crippen LogP contribution in [-0.2, 0) is 10.1 Å². The van der Waals surface area contributed by atoms with Gasteiger partial charge in [-0.05, 0) is 18.2 Å². The van der Waals surface area contributed by atoms with E-state index in [0.717, 1.165) is 0 Å². The molecule has 4 nitrogen and oxygen atoms in total. The molecule has 0 saturated carbocycles. The SMILES string of the molecule is CNc1cc[c]cc1S(=O)(=O)O. The van der Waals surface area contributed by atoms with Crippen molar-refractivity contribution in [3.8, 4) is 0 Å². The van der Waals surface area contributed by atoms with Crippen molar-refractivity contribution in [1.29, 1.82) is 0 Å². The topological polar surface area (TPSA) is 66.4 Å². The molecule has 0 bridgehead atoms. The average molecular weight is 186 g/mol. The minimum absolute atomic E-state index is 0.160. The fraction of sp³-hybridized carbons (Fsp3) is 0.143. The molecule has 0 aliphatic heterocycles. The summed E-state index contributed by atoms with van der Waals surface area (Å²) in [4.78, 5) is -0.160. The molecule has 1 aromatic carbocycles. The third kappa shape index (κ3) is 1.75. The highest BCUT2D eigenvalue weighted by Crippen LogP contribution is 2.18. The maximum Gasteiger partial charge on any atom is 0.296 e. The third-order valence-corrected chi connectivity index (χ3v) is 2.27. The molecule has 0 spiro atoms. The summed E-state index contributed by atoms with van der Waals surface area (Å²) in [6.45, 7) is 0. The van der Waals surface area contributed by atoms with Crippen molar-refractivity contribution in [2.24, 2.45) is 0 Å². The average Bonchev–Trinajstić information content (AvgIpc) is 2.03. The van der Waals surface area contributed by atoms with E-state index in [1.165, 1.54) is 12.1 Å². The molecule has 0 saturated heterocycles. The van der Waals surface area contributed by atoms with Crippen LogP contribution in [-0.4, -0.2) is 20.0 Å². The van der Waals surface area contributed by atoms with Crippen LogP contribution in [0.4, 0.5) is 5.69 Å². The standard InChI is InChI=1S/C7H8NO3S/c1-8-6-4-2-3-5-7(6)12(9,10)11/h2,4-5,8H,1H3,(H,9,10,11). The van der Waals surface area contributed by atoms with Crippen molar-refractivity contribution in [2.45, 2.75) is 4.90 Å². The van der Waals surface area contributed by atoms with E-state index in [-0.39, 0.29) is 4.90 Å². The number of anilines is 1. The van der Waals surface area contributed by atoms with Crippen LogP contribution in [0.2, 0.25) is 0 Å². The van der Waals surface area contributed by atoms with Crippen molar-refractivity contribution in [1.82, 2.24) is 0 Å². The maximum atomic E-state index is 10.7. The lowest BCUT2D eigenvalue weighted by atomic mass is 10.3. The van der Waals surface area contributed by atoms with E-state index >= 15 is 0 Å². The van der Waals surface area contributed by atoms with E-state index in [1.54, 1.807) is 13.1 Å². The Morgan fingerprint density at radius 2 is 2.25 bits per heavy atom. The molecule has 0 aromatic heterocycles. The van der Waals surface area contributed by atoms with Gasteiger partial charge in [-0.3, -0.25) is 4.55 Å². The Kier molecular flexibility index (Phi) is 2.35. The summed E-state index contributed by atoms with van der Waals surface area (Å²) in [6.07, 6.45) is 0. The van der Waals surface area contributed by atoms with Crippen LogP contribution in [0.25, 0.3) is 0 Å². The number of benzene rings is 1. The normalized spacial score (nSPS) is 11.2. The van der Waals surface area contributed by atoms with Crippen LogP contribution in [0, 0.1) is 6.07 Å². The highest BCUT2D eigenvalue weighted by atomic mass is 32.2. The van der Waals surface area contributed by atoms with Crippen LogP contribution in [0.3, 0.4) is 0 Å². The van der Waals surface area contributed by atoms with Gasteiger partial charge in [-0.15, -0.1) is 0 Å². The zero-order chi connectivity index (χ0) is 9.19. The van der Waals surface area contributed by atoms with E-state index in [0.29, 0.717) is 5.69 Å². The van der Waals surface area contributed by atoms with Crippen LogP contribution < -0.4 is 5.32 Å². The minimum Gasteiger partial charge on any atom is -0.387 e. The van der Waals surface area contributed by atoms with Crippen molar-refractivity contribution < 1.29 is 13.0 Å². The molecule has 2 N–H and O–H groups in total. The lowest BCUT2D eigenvalue weighted by Crippen LogP contribution is -2.02. The van der Waals surface area contributed by atoms with Gasteiger partial charge in [0.15, 0.2) is 0 Å².